The predicted molar refractivity (Wildman–Crippen MR) is 70.8 cm³/mol. The van der Waals surface area contributed by atoms with Crippen LogP contribution < -0.4 is 5.69 Å². The number of hydrogen-bond donors (Lipinski definition) is 2. The first kappa shape index (κ1) is 13.0. The van der Waals surface area contributed by atoms with Crippen molar-refractivity contribution in [2.75, 3.05) is 0 Å². The maximum atomic E-state index is 13.9. The van der Waals surface area contributed by atoms with Crippen LogP contribution in [0.1, 0.15) is 10.4 Å². The van der Waals surface area contributed by atoms with E-state index in [4.69, 9.17) is 5.11 Å². The molecular weight excluding hydrogens is 282 g/mol. The van der Waals surface area contributed by atoms with Crippen molar-refractivity contribution in [2.45, 2.75) is 0 Å². The summed E-state index contributed by atoms with van der Waals surface area (Å²) in [5.41, 5.74) is -0.944. The summed E-state index contributed by atoms with van der Waals surface area (Å²) in [4.78, 5) is 25.5. The molecule has 0 aliphatic heterocycles. The molecule has 0 saturated carbocycles. The maximum absolute atomic E-state index is 13.9. The lowest BCUT2D eigenvalue weighted by Gasteiger charge is -2.05. The van der Waals surface area contributed by atoms with Crippen LogP contribution in [-0.2, 0) is 0 Å². The number of nitrogens with zero attached hydrogens (tertiary/aromatic N) is 1. The van der Waals surface area contributed by atoms with Gasteiger partial charge in [-0.1, -0.05) is 12.1 Å². The molecule has 0 spiro atoms. The average molecular weight is 290 g/mol. The number of carbonyl (C=O) groups is 1. The number of H-pyrrole nitrogens is 1. The number of carboxylic acids is 1. The number of aromatic amines is 1. The zero-order valence-corrected chi connectivity index (χ0v) is 10.4. The van der Waals surface area contributed by atoms with E-state index in [0.29, 0.717) is 0 Å². The van der Waals surface area contributed by atoms with E-state index < -0.39 is 23.3 Å². The van der Waals surface area contributed by atoms with Crippen LogP contribution in [0.4, 0.5) is 8.78 Å². The molecule has 0 unspecified atom stereocenters. The highest BCUT2D eigenvalue weighted by molar-refractivity contribution is 6.01. The highest BCUT2D eigenvalue weighted by Crippen LogP contribution is 2.21. The fraction of sp³-hybridized carbons (Fsp3) is 0. The van der Waals surface area contributed by atoms with Crippen molar-refractivity contribution >= 4 is 17.0 Å². The van der Waals surface area contributed by atoms with Gasteiger partial charge in [0.1, 0.15) is 0 Å². The molecule has 1 aromatic heterocycles. The van der Waals surface area contributed by atoms with Crippen molar-refractivity contribution in [1.29, 1.82) is 0 Å². The second kappa shape index (κ2) is 4.55. The Bertz CT molecular complexity index is 928. The minimum Gasteiger partial charge on any atom is -0.478 e. The molecule has 0 fully saturated rings. The SMILES string of the molecule is O=C(O)c1cccc2c1[nH]c(=O)n2-c1cccc(F)c1F. The molecule has 2 aromatic carbocycles. The lowest BCUT2D eigenvalue weighted by atomic mass is 10.2. The first-order valence-electron chi connectivity index (χ1n) is 5.92. The van der Waals surface area contributed by atoms with Crippen molar-refractivity contribution < 1.29 is 18.7 Å². The van der Waals surface area contributed by atoms with Crippen molar-refractivity contribution in [3.63, 3.8) is 0 Å². The summed E-state index contributed by atoms with van der Waals surface area (Å²) in [5.74, 6) is -3.50. The van der Waals surface area contributed by atoms with Gasteiger partial charge in [-0.15, -0.1) is 0 Å². The van der Waals surface area contributed by atoms with Crippen LogP contribution in [0.2, 0.25) is 0 Å². The maximum Gasteiger partial charge on any atom is 0.337 e. The van der Waals surface area contributed by atoms with E-state index in [1.54, 1.807) is 0 Å². The number of aromatic carboxylic acids is 1. The van der Waals surface area contributed by atoms with Gasteiger partial charge in [-0.25, -0.2) is 18.4 Å². The zero-order chi connectivity index (χ0) is 15.1. The molecule has 3 aromatic rings. The average Bonchev–Trinajstić information content (AvgIpc) is 2.77. The van der Waals surface area contributed by atoms with Crippen LogP contribution in [0.5, 0.6) is 0 Å². The van der Waals surface area contributed by atoms with Crippen molar-refractivity contribution in [1.82, 2.24) is 9.55 Å². The summed E-state index contributed by atoms with van der Waals surface area (Å²) in [6.45, 7) is 0. The number of fused-ring (bicyclic) bond motifs is 1. The Morgan fingerprint density at radius 2 is 1.86 bits per heavy atom. The van der Waals surface area contributed by atoms with Gasteiger partial charge in [-0.05, 0) is 24.3 Å². The monoisotopic (exact) mass is 290 g/mol. The summed E-state index contributed by atoms with van der Waals surface area (Å²) in [6.07, 6.45) is 0. The van der Waals surface area contributed by atoms with E-state index in [1.165, 1.54) is 30.3 Å². The Labute approximate surface area is 116 Å². The zero-order valence-electron chi connectivity index (χ0n) is 10.4. The summed E-state index contributed by atoms with van der Waals surface area (Å²) in [6, 6.07) is 7.62. The number of aromatic nitrogens is 2. The van der Waals surface area contributed by atoms with E-state index in [2.05, 4.69) is 4.98 Å². The van der Waals surface area contributed by atoms with Gasteiger partial charge in [-0.2, -0.15) is 0 Å². The molecule has 106 valence electrons. The van der Waals surface area contributed by atoms with Gasteiger partial charge >= 0.3 is 11.7 Å². The minimum absolute atomic E-state index is 0.0543. The summed E-state index contributed by atoms with van der Waals surface area (Å²) in [5, 5.41) is 9.09. The minimum atomic E-state index is -1.23. The van der Waals surface area contributed by atoms with Crippen LogP contribution in [0, 0.1) is 11.6 Å². The van der Waals surface area contributed by atoms with Crippen LogP contribution in [0.15, 0.2) is 41.2 Å². The van der Waals surface area contributed by atoms with Crippen molar-refractivity contribution in [3.8, 4) is 5.69 Å². The third-order valence-corrected chi connectivity index (χ3v) is 3.12. The lowest BCUT2D eigenvalue weighted by Crippen LogP contribution is -2.16. The lowest BCUT2D eigenvalue weighted by molar-refractivity contribution is 0.0699. The van der Waals surface area contributed by atoms with Gasteiger partial charge in [-0.3, -0.25) is 4.57 Å². The highest BCUT2D eigenvalue weighted by atomic mass is 19.2. The van der Waals surface area contributed by atoms with Gasteiger partial charge in [0.05, 0.1) is 22.3 Å². The third-order valence-electron chi connectivity index (χ3n) is 3.12. The van der Waals surface area contributed by atoms with Gasteiger partial charge in [0.15, 0.2) is 11.6 Å². The predicted octanol–water partition coefficient (Wildman–Crippen LogP) is 2.30. The van der Waals surface area contributed by atoms with Crippen LogP contribution in [-0.4, -0.2) is 20.6 Å². The molecule has 0 saturated heterocycles. The molecule has 0 aliphatic carbocycles. The standard InChI is InChI=1S/C14H8F2N2O3/c15-8-4-2-5-9(11(8)16)18-10-6-1-3-7(13(19)20)12(10)17-14(18)21/h1-6H,(H,17,21)(H,19,20). The van der Waals surface area contributed by atoms with Crippen LogP contribution in [0.25, 0.3) is 16.7 Å². The van der Waals surface area contributed by atoms with Gasteiger partial charge in [0.2, 0.25) is 0 Å². The summed E-state index contributed by atoms with van der Waals surface area (Å²) >= 11 is 0. The quantitative estimate of drug-likeness (QED) is 0.760. The number of imidazole rings is 1. The Hall–Kier alpha value is -2.96. The Morgan fingerprint density at radius 1 is 1.14 bits per heavy atom. The van der Waals surface area contributed by atoms with Crippen LogP contribution in [0.3, 0.4) is 0 Å². The largest absolute Gasteiger partial charge is 0.478 e. The smallest absolute Gasteiger partial charge is 0.337 e. The third kappa shape index (κ3) is 1.90. The van der Waals surface area contributed by atoms with Crippen LogP contribution >= 0.6 is 0 Å². The molecular formula is C14H8F2N2O3. The second-order valence-electron chi connectivity index (χ2n) is 4.34. The van der Waals surface area contributed by atoms with Gasteiger partial charge < -0.3 is 10.1 Å². The molecule has 0 radical (unpaired) electrons. The Morgan fingerprint density at radius 3 is 2.57 bits per heavy atom. The van der Waals surface area contributed by atoms with Gasteiger partial charge in [0.25, 0.3) is 0 Å². The normalized spacial score (nSPS) is 11.0. The molecule has 2 N–H and O–H groups in total. The number of rotatable bonds is 2. The van der Waals surface area contributed by atoms with E-state index in [1.807, 2.05) is 0 Å². The second-order valence-corrected chi connectivity index (χ2v) is 4.34. The van der Waals surface area contributed by atoms with E-state index in [9.17, 15) is 18.4 Å². The molecule has 21 heavy (non-hydrogen) atoms. The Balaban J connectivity index is 2.42. The topological polar surface area (TPSA) is 75.1 Å². The molecule has 0 aliphatic rings. The number of hydrogen-bond acceptors (Lipinski definition) is 2. The fourth-order valence-corrected chi connectivity index (χ4v) is 2.21. The number of para-hydroxylation sites is 1. The van der Waals surface area contributed by atoms with E-state index in [-0.39, 0.29) is 22.3 Å². The molecule has 0 amide bonds. The number of benzene rings is 2. The van der Waals surface area contributed by atoms with Crippen molar-refractivity contribution in [2.24, 2.45) is 0 Å². The fourth-order valence-electron chi connectivity index (χ4n) is 2.21. The van der Waals surface area contributed by atoms with E-state index in [0.717, 1.165) is 10.6 Å². The number of carboxylic acid groups (broad SMARTS) is 1. The molecule has 0 atom stereocenters. The summed E-state index contributed by atoms with van der Waals surface area (Å²) < 4.78 is 28.1. The molecule has 7 heteroatoms. The van der Waals surface area contributed by atoms with Gasteiger partial charge in [0, 0.05) is 0 Å². The molecule has 3 rings (SSSR count). The van der Waals surface area contributed by atoms with Crippen molar-refractivity contribution in [3.05, 3.63) is 64.1 Å². The first-order valence-corrected chi connectivity index (χ1v) is 5.92. The summed E-state index contributed by atoms with van der Waals surface area (Å²) in [7, 11) is 0. The first-order chi connectivity index (χ1) is 10.0. The number of halogens is 2. The molecule has 1 heterocycles. The Kier molecular flexibility index (Phi) is 2.83. The highest BCUT2D eigenvalue weighted by Gasteiger charge is 2.18. The molecule has 5 nitrogen and oxygen atoms in total. The van der Waals surface area contributed by atoms with E-state index >= 15 is 0 Å². The molecule has 0 bridgehead atoms. The number of nitrogens with one attached hydrogen (secondary N) is 1.